The number of unbranched alkanes of at least 4 members (excludes halogenated alkanes) is 2. The van der Waals surface area contributed by atoms with Crippen molar-refractivity contribution < 1.29 is 9.59 Å². The fourth-order valence-electron chi connectivity index (χ4n) is 1.68. The first-order chi connectivity index (χ1) is 9.69. The van der Waals surface area contributed by atoms with Gasteiger partial charge < -0.3 is 4.90 Å². The summed E-state index contributed by atoms with van der Waals surface area (Å²) in [5.41, 5.74) is 0. The predicted octanol–water partition coefficient (Wildman–Crippen LogP) is 1.84. The van der Waals surface area contributed by atoms with Gasteiger partial charge in [0.2, 0.25) is 5.95 Å². The highest BCUT2D eigenvalue weighted by molar-refractivity contribution is 6.39. The Kier molecular flexibility index (Phi) is 7.24. The molecule has 1 aromatic heterocycles. The van der Waals surface area contributed by atoms with Crippen molar-refractivity contribution in [3.63, 3.8) is 0 Å². The van der Waals surface area contributed by atoms with Crippen LogP contribution in [0.1, 0.15) is 39.5 Å². The van der Waals surface area contributed by atoms with Gasteiger partial charge in [0, 0.05) is 25.5 Å². The van der Waals surface area contributed by atoms with Crippen molar-refractivity contribution in [1.29, 1.82) is 0 Å². The molecule has 0 aliphatic rings. The second-order valence-electron chi connectivity index (χ2n) is 4.53. The lowest BCUT2D eigenvalue weighted by Gasteiger charge is -2.21. The molecule has 0 atom stereocenters. The summed E-state index contributed by atoms with van der Waals surface area (Å²) in [6.07, 6.45) is 6.78. The van der Waals surface area contributed by atoms with Crippen LogP contribution in [-0.2, 0) is 9.59 Å². The molecule has 6 nitrogen and oxygen atoms in total. The quantitative estimate of drug-likeness (QED) is 0.772. The van der Waals surface area contributed by atoms with Crippen LogP contribution in [0.15, 0.2) is 18.5 Å². The van der Waals surface area contributed by atoms with Crippen molar-refractivity contribution in [2.75, 3.05) is 18.4 Å². The van der Waals surface area contributed by atoms with E-state index in [0.29, 0.717) is 13.1 Å². The molecule has 0 saturated carbocycles. The second-order valence-corrected chi connectivity index (χ2v) is 4.53. The van der Waals surface area contributed by atoms with Crippen molar-refractivity contribution in [3.05, 3.63) is 18.5 Å². The zero-order valence-corrected chi connectivity index (χ0v) is 12.1. The number of nitrogens with one attached hydrogen (secondary N) is 1. The van der Waals surface area contributed by atoms with Gasteiger partial charge in [0.1, 0.15) is 0 Å². The van der Waals surface area contributed by atoms with Crippen molar-refractivity contribution in [3.8, 4) is 0 Å². The van der Waals surface area contributed by atoms with Gasteiger partial charge in [-0.3, -0.25) is 14.9 Å². The fourth-order valence-corrected chi connectivity index (χ4v) is 1.68. The maximum absolute atomic E-state index is 12.1. The Balaban J connectivity index is 2.60. The Bertz CT molecular complexity index is 414. The molecule has 0 spiro atoms. The first-order valence-corrected chi connectivity index (χ1v) is 7.06. The van der Waals surface area contributed by atoms with E-state index in [1.54, 1.807) is 11.0 Å². The third-order valence-electron chi connectivity index (χ3n) is 2.84. The van der Waals surface area contributed by atoms with E-state index in [2.05, 4.69) is 29.1 Å². The van der Waals surface area contributed by atoms with E-state index in [-0.39, 0.29) is 5.95 Å². The summed E-state index contributed by atoms with van der Waals surface area (Å²) in [5.74, 6) is -1.04. The number of amides is 2. The molecule has 20 heavy (non-hydrogen) atoms. The van der Waals surface area contributed by atoms with Crippen LogP contribution in [0.3, 0.4) is 0 Å². The summed E-state index contributed by atoms with van der Waals surface area (Å²) < 4.78 is 0. The molecule has 0 aliphatic carbocycles. The van der Waals surface area contributed by atoms with Gasteiger partial charge in [-0.1, -0.05) is 26.7 Å². The Morgan fingerprint density at radius 3 is 2.15 bits per heavy atom. The molecule has 1 heterocycles. The molecule has 1 N–H and O–H groups in total. The van der Waals surface area contributed by atoms with Gasteiger partial charge in [-0.2, -0.15) is 0 Å². The molecule has 2 amide bonds. The van der Waals surface area contributed by atoms with E-state index < -0.39 is 11.8 Å². The van der Waals surface area contributed by atoms with Crippen molar-refractivity contribution >= 4 is 17.8 Å². The lowest BCUT2D eigenvalue weighted by molar-refractivity contribution is -0.143. The molecule has 0 bridgehead atoms. The molecule has 0 saturated heterocycles. The normalized spacial score (nSPS) is 10.1. The third-order valence-corrected chi connectivity index (χ3v) is 2.84. The molecule has 110 valence electrons. The molecule has 0 unspecified atom stereocenters. The van der Waals surface area contributed by atoms with Crippen molar-refractivity contribution in [1.82, 2.24) is 14.9 Å². The molecule has 1 aromatic rings. The summed E-state index contributed by atoms with van der Waals surface area (Å²) >= 11 is 0. The van der Waals surface area contributed by atoms with E-state index >= 15 is 0 Å². The second kappa shape index (κ2) is 9.01. The Morgan fingerprint density at radius 2 is 1.65 bits per heavy atom. The monoisotopic (exact) mass is 278 g/mol. The van der Waals surface area contributed by atoms with E-state index in [1.807, 2.05) is 0 Å². The molecule has 6 heteroatoms. The maximum Gasteiger partial charge on any atom is 0.316 e. The minimum Gasteiger partial charge on any atom is -0.334 e. The summed E-state index contributed by atoms with van der Waals surface area (Å²) in [6, 6.07) is 1.65. The lowest BCUT2D eigenvalue weighted by Crippen LogP contribution is -2.41. The van der Waals surface area contributed by atoms with E-state index in [0.717, 1.165) is 25.7 Å². The van der Waals surface area contributed by atoms with Crippen LogP contribution in [-0.4, -0.2) is 39.8 Å². The maximum atomic E-state index is 12.1. The molecule has 0 fully saturated rings. The largest absolute Gasteiger partial charge is 0.334 e. The highest BCUT2D eigenvalue weighted by atomic mass is 16.2. The van der Waals surface area contributed by atoms with E-state index in [4.69, 9.17) is 0 Å². The zero-order valence-electron chi connectivity index (χ0n) is 12.1. The number of hydrogen-bond acceptors (Lipinski definition) is 4. The van der Waals surface area contributed by atoms with Crippen molar-refractivity contribution in [2.24, 2.45) is 0 Å². The number of rotatable bonds is 7. The van der Waals surface area contributed by atoms with E-state index in [1.165, 1.54) is 12.4 Å². The summed E-state index contributed by atoms with van der Waals surface area (Å²) in [7, 11) is 0. The number of nitrogens with zero attached hydrogens (tertiary/aromatic N) is 3. The van der Waals surface area contributed by atoms with Crippen LogP contribution in [0.5, 0.6) is 0 Å². The first-order valence-electron chi connectivity index (χ1n) is 7.06. The number of carbonyl (C=O) groups excluding carboxylic acids is 2. The molecular weight excluding hydrogens is 256 g/mol. The van der Waals surface area contributed by atoms with Gasteiger partial charge in [0.15, 0.2) is 0 Å². The topological polar surface area (TPSA) is 75.2 Å². The lowest BCUT2D eigenvalue weighted by atomic mass is 10.2. The van der Waals surface area contributed by atoms with Gasteiger partial charge in [-0.05, 0) is 18.9 Å². The minimum atomic E-state index is -0.677. The number of hydrogen-bond donors (Lipinski definition) is 1. The molecule has 1 rings (SSSR count). The summed E-state index contributed by atoms with van der Waals surface area (Å²) in [5, 5.41) is 2.42. The predicted molar refractivity (Wildman–Crippen MR) is 77.1 cm³/mol. The van der Waals surface area contributed by atoms with Gasteiger partial charge >= 0.3 is 11.8 Å². The van der Waals surface area contributed by atoms with Crippen LogP contribution in [0.2, 0.25) is 0 Å². The van der Waals surface area contributed by atoms with Crippen LogP contribution in [0.4, 0.5) is 5.95 Å². The van der Waals surface area contributed by atoms with Crippen LogP contribution >= 0.6 is 0 Å². The third kappa shape index (κ3) is 5.34. The Labute approximate surface area is 119 Å². The smallest absolute Gasteiger partial charge is 0.316 e. The van der Waals surface area contributed by atoms with Crippen LogP contribution in [0, 0.1) is 0 Å². The average molecular weight is 278 g/mol. The minimum absolute atomic E-state index is 0.150. The molecule has 0 radical (unpaired) electrons. The fraction of sp³-hybridized carbons (Fsp3) is 0.571. The highest BCUT2D eigenvalue weighted by Crippen LogP contribution is 2.02. The van der Waals surface area contributed by atoms with Gasteiger partial charge in [0.05, 0.1) is 0 Å². The van der Waals surface area contributed by atoms with Gasteiger partial charge in [0.25, 0.3) is 0 Å². The summed E-state index contributed by atoms with van der Waals surface area (Å²) in [6.45, 7) is 5.33. The zero-order chi connectivity index (χ0) is 14.8. The Hall–Kier alpha value is -1.98. The number of aromatic nitrogens is 2. The first kappa shape index (κ1) is 16.1. The van der Waals surface area contributed by atoms with Crippen LogP contribution < -0.4 is 5.32 Å². The SMILES string of the molecule is CCCCN(CCCC)C(=O)C(=O)Nc1ncccn1. The van der Waals surface area contributed by atoms with E-state index in [9.17, 15) is 9.59 Å². The summed E-state index contributed by atoms with van der Waals surface area (Å²) in [4.78, 5) is 33.4. The van der Waals surface area contributed by atoms with Gasteiger partial charge in [-0.15, -0.1) is 0 Å². The standard InChI is InChI=1S/C14H22N4O2/c1-3-5-10-18(11-6-4-2)13(20)12(19)17-14-15-8-7-9-16-14/h7-9H,3-6,10-11H2,1-2H3,(H,15,16,17,19). The molecule has 0 aliphatic heterocycles. The van der Waals surface area contributed by atoms with Crippen LogP contribution in [0.25, 0.3) is 0 Å². The number of anilines is 1. The van der Waals surface area contributed by atoms with Crippen molar-refractivity contribution in [2.45, 2.75) is 39.5 Å². The molecular formula is C14H22N4O2. The average Bonchev–Trinajstić information content (AvgIpc) is 2.48. The highest BCUT2D eigenvalue weighted by Gasteiger charge is 2.21. The molecule has 0 aromatic carbocycles. The van der Waals surface area contributed by atoms with Gasteiger partial charge in [-0.25, -0.2) is 9.97 Å². The Morgan fingerprint density at radius 1 is 1.10 bits per heavy atom. The number of carbonyl (C=O) groups is 2.